The Labute approximate surface area is 127 Å². The third-order valence-electron chi connectivity index (χ3n) is 6.63. The van der Waals surface area contributed by atoms with E-state index in [1.807, 2.05) is 6.92 Å². The van der Waals surface area contributed by atoms with E-state index in [1.165, 1.54) is 32.1 Å². The lowest BCUT2D eigenvalue weighted by Crippen LogP contribution is -2.72. The Morgan fingerprint density at radius 3 is 2.19 bits per heavy atom. The molecule has 0 radical (unpaired) electrons. The van der Waals surface area contributed by atoms with E-state index in [4.69, 9.17) is 4.74 Å². The molecule has 1 N–H and O–H groups in total. The zero-order chi connectivity index (χ0) is 14.4. The number of carbonyl (C=O) groups excluding carboxylic acids is 1. The molecule has 4 bridgehead atoms. The molecule has 21 heavy (non-hydrogen) atoms. The molecule has 0 aromatic rings. The summed E-state index contributed by atoms with van der Waals surface area (Å²) in [4.78, 5) is 15.6. The number of piperazine rings is 1. The van der Waals surface area contributed by atoms with Crippen molar-refractivity contribution in [1.82, 2.24) is 10.2 Å². The number of carbonyl (C=O) groups is 1. The van der Waals surface area contributed by atoms with E-state index in [0.717, 1.165) is 38.0 Å². The lowest BCUT2D eigenvalue weighted by Gasteiger charge is -2.63. The van der Waals surface area contributed by atoms with Crippen molar-refractivity contribution >= 4 is 5.97 Å². The molecule has 5 rings (SSSR count). The van der Waals surface area contributed by atoms with Gasteiger partial charge in [-0.05, 0) is 62.7 Å². The van der Waals surface area contributed by atoms with Crippen LogP contribution in [0.4, 0.5) is 0 Å². The Balaban J connectivity index is 1.71. The van der Waals surface area contributed by atoms with Gasteiger partial charge in [0, 0.05) is 26.2 Å². The summed E-state index contributed by atoms with van der Waals surface area (Å²) in [5.74, 6) is 2.97. The number of hydrogen-bond acceptors (Lipinski definition) is 4. The molecule has 0 aromatic heterocycles. The zero-order valence-corrected chi connectivity index (χ0v) is 13.1. The number of nitrogens with zero attached hydrogens (tertiary/aromatic N) is 1. The molecule has 4 saturated carbocycles. The summed E-state index contributed by atoms with van der Waals surface area (Å²) in [7, 11) is 0. The molecule has 4 heteroatoms. The maximum atomic E-state index is 13.1. The maximum absolute atomic E-state index is 13.1. The second-order valence-electron chi connectivity index (χ2n) is 7.59. The first kappa shape index (κ1) is 14.0. The number of rotatable bonds is 3. The molecule has 5 fully saturated rings. The minimum atomic E-state index is -0.286. The highest BCUT2D eigenvalue weighted by Gasteiger charge is 2.64. The topological polar surface area (TPSA) is 41.6 Å². The van der Waals surface area contributed by atoms with Crippen LogP contribution in [0.1, 0.15) is 39.0 Å². The first-order valence-electron chi connectivity index (χ1n) is 8.88. The van der Waals surface area contributed by atoms with Gasteiger partial charge in [0.2, 0.25) is 0 Å². The summed E-state index contributed by atoms with van der Waals surface area (Å²) in [5, 5.41) is 3.43. The van der Waals surface area contributed by atoms with E-state index in [9.17, 15) is 4.79 Å². The Hall–Kier alpha value is -0.610. The Bertz CT molecular complexity index is 384. The molecule has 1 saturated heterocycles. The van der Waals surface area contributed by atoms with Gasteiger partial charge in [0.05, 0.1) is 6.61 Å². The van der Waals surface area contributed by atoms with Crippen molar-refractivity contribution in [2.45, 2.75) is 44.6 Å². The summed E-state index contributed by atoms with van der Waals surface area (Å²) in [6.45, 7) is 6.47. The van der Waals surface area contributed by atoms with E-state index in [0.29, 0.717) is 18.4 Å². The molecule has 1 aliphatic heterocycles. The molecule has 0 unspecified atom stereocenters. The van der Waals surface area contributed by atoms with Gasteiger partial charge in [-0.3, -0.25) is 9.69 Å². The van der Waals surface area contributed by atoms with Crippen LogP contribution >= 0.6 is 0 Å². The van der Waals surface area contributed by atoms with Gasteiger partial charge in [0.1, 0.15) is 5.54 Å². The summed E-state index contributed by atoms with van der Waals surface area (Å²) >= 11 is 0. The Morgan fingerprint density at radius 1 is 1.10 bits per heavy atom. The zero-order valence-electron chi connectivity index (χ0n) is 13.1. The minimum Gasteiger partial charge on any atom is -0.465 e. The summed E-state index contributed by atoms with van der Waals surface area (Å²) in [6.07, 6.45) is 6.46. The number of ether oxygens (including phenoxy) is 1. The molecule has 0 atom stereocenters. The molecule has 0 aromatic carbocycles. The van der Waals surface area contributed by atoms with Crippen LogP contribution in [-0.2, 0) is 9.53 Å². The van der Waals surface area contributed by atoms with Crippen molar-refractivity contribution in [2.75, 3.05) is 32.8 Å². The monoisotopic (exact) mass is 292 g/mol. The molecule has 0 amide bonds. The molecule has 5 aliphatic rings. The van der Waals surface area contributed by atoms with Crippen molar-refractivity contribution in [3.05, 3.63) is 0 Å². The predicted octanol–water partition coefficient (Wildman–Crippen LogP) is 1.65. The second-order valence-corrected chi connectivity index (χ2v) is 7.59. The van der Waals surface area contributed by atoms with Gasteiger partial charge >= 0.3 is 5.97 Å². The van der Waals surface area contributed by atoms with Crippen molar-refractivity contribution in [2.24, 2.45) is 23.7 Å². The van der Waals surface area contributed by atoms with Crippen LogP contribution in [0.25, 0.3) is 0 Å². The third kappa shape index (κ3) is 1.98. The summed E-state index contributed by atoms with van der Waals surface area (Å²) in [6, 6.07) is 0. The van der Waals surface area contributed by atoms with E-state index in [1.54, 1.807) is 0 Å². The molecule has 118 valence electrons. The normalized spacial score (nSPS) is 45.8. The van der Waals surface area contributed by atoms with Gasteiger partial charge in [0.25, 0.3) is 0 Å². The molecule has 4 aliphatic carbocycles. The Kier molecular flexibility index (Phi) is 3.49. The molecule has 4 nitrogen and oxygen atoms in total. The number of nitrogens with one attached hydrogen (secondary N) is 1. The summed E-state index contributed by atoms with van der Waals surface area (Å²) < 4.78 is 5.62. The lowest BCUT2D eigenvalue weighted by atomic mass is 9.48. The molecule has 0 spiro atoms. The van der Waals surface area contributed by atoms with Crippen LogP contribution in [0.5, 0.6) is 0 Å². The molecular weight excluding hydrogens is 264 g/mol. The second kappa shape index (κ2) is 5.24. The van der Waals surface area contributed by atoms with Gasteiger partial charge in [0.15, 0.2) is 0 Å². The Morgan fingerprint density at radius 2 is 1.67 bits per heavy atom. The first-order chi connectivity index (χ1) is 10.2. The fourth-order valence-corrected chi connectivity index (χ4v) is 6.16. The van der Waals surface area contributed by atoms with Crippen molar-refractivity contribution in [3.63, 3.8) is 0 Å². The van der Waals surface area contributed by atoms with E-state index >= 15 is 0 Å². The third-order valence-corrected chi connectivity index (χ3v) is 6.63. The van der Waals surface area contributed by atoms with Crippen LogP contribution < -0.4 is 5.32 Å². The predicted molar refractivity (Wildman–Crippen MR) is 80.9 cm³/mol. The van der Waals surface area contributed by atoms with Crippen LogP contribution in [0.15, 0.2) is 0 Å². The van der Waals surface area contributed by atoms with E-state index in [-0.39, 0.29) is 11.5 Å². The van der Waals surface area contributed by atoms with Gasteiger partial charge in [-0.15, -0.1) is 0 Å². The standard InChI is InChI=1S/C17H28N2O2/c1-2-21-16(20)17(19-5-3-18-4-6-19)14-8-12-7-13(10-14)11-15(17)9-12/h12-15,18H,2-11H2,1H3. The highest BCUT2D eigenvalue weighted by atomic mass is 16.5. The molecular formula is C17H28N2O2. The van der Waals surface area contributed by atoms with Crippen molar-refractivity contribution in [1.29, 1.82) is 0 Å². The summed E-state index contributed by atoms with van der Waals surface area (Å²) in [5.41, 5.74) is -0.286. The number of hydrogen-bond donors (Lipinski definition) is 1. The van der Waals surface area contributed by atoms with Crippen LogP contribution in [0.2, 0.25) is 0 Å². The average molecular weight is 292 g/mol. The number of esters is 1. The van der Waals surface area contributed by atoms with Crippen LogP contribution in [0, 0.1) is 23.7 Å². The van der Waals surface area contributed by atoms with Crippen molar-refractivity contribution < 1.29 is 9.53 Å². The fourth-order valence-electron chi connectivity index (χ4n) is 6.16. The fraction of sp³-hybridized carbons (Fsp3) is 0.941. The first-order valence-corrected chi connectivity index (χ1v) is 8.88. The minimum absolute atomic E-state index is 0.0979. The van der Waals surface area contributed by atoms with Gasteiger partial charge in [-0.1, -0.05) is 0 Å². The maximum Gasteiger partial charge on any atom is 0.327 e. The highest BCUT2D eigenvalue weighted by Crippen LogP contribution is 2.60. The van der Waals surface area contributed by atoms with Crippen molar-refractivity contribution in [3.8, 4) is 0 Å². The van der Waals surface area contributed by atoms with Gasteiger partial charge in [-0.2, -0.15) is 0 Å². The van der Waals surface area contributed by atoms with Gasteiger partial charge in [-0.25, -0.2) is 0 Å². The highest BCUT2D eigenvalue weighted by molar-refractivity contribution is 5.82. The quantitative estimate of drug-likeness (QED) is 0.803. The van der Waals surface area contributed by atoms with Crippen LogP contribution in [0.3, 0.4) is 0 Å². The van der Waals surface area contributed by atoms with E-state index < -0.39 is 0 Å². The average Bonchev–Trinajstić information content (AvgIpc) is 2.48. The smallest absolute Gasteiger partial charge is 0.327 e. The largest absolute Gasteiger partial charge is 0.465 e. The molecule has 1 heterocycles. The lowest BCUT2D eigenvalue weighted by molar-refractivity contribution is -0.191. The SMILES string of the molecule is CCOC(=O)C1(N2CCNCC2)C2CC3CC(C2)CC1C3. The van der Waals surface area contributed by atoms with Gasteiger partial charge < -0.3 is 10.1 Å². The van der Waals surface area contributed by atoms with E-state index in [2.05, 4.69) is 10.2 Å². The van der Waals surface area contributed by atoms with Crippen LogP contribution in [-0.4, -0.2) is 49.2 Å².